The van der Waals surface area contributed by atoms with Gasteiger partial charge in [0.25, 0.3) is 0 Å². The van der Waals surface area contributed by atoms with Gasteiger partial charge in [-0.15, -0.1) is 0 Å². The number of hydrogen-bond acceptors (Lipinski definition) is 3. The highest BCUT2D eigenvalue weighted by Gasteiger charge is 2.24. The standard InChI is InChI=1S/C15H22N2O2/c1-11(2)10-19-14-6-4-3-5-12(14)9-17-15(18)13-7-16-8-13/h3-6,11,13,16H,7-10H2,1-2H3,(H,17,18). The number of amides is 1. The zero-order valence-corrected chi connectivity index (χ0v) is 11.6. The van der Waals surface area contributed by atoms with Crippen LogP contribution in [-0.2, 0) is 11.3 Å². The Balaban J connectivity index is 1.89. The Hall–Kier alpha value is -1.55. The molecule has 0 aliphatic carbocycles. The second kappa shape index (κ2) is 6.57. The zero-order chi connectivity index (χ0) is 13.7. The zero-order valence-electron chi connectivity index (χ0n) is 11.6. The summed E-state index contributed by atoms with van der Waals surface area (Å²) in [5, 5.41) is 6.07. The highest BCUT2D eigenvalue weighted by atomic mass is 16.5. The van der Waals surface area contributed by atoms with E-state index >= 15 is 0 Å². The van der Waals surface area contributed by atoms with Gasteiger partial charge < -0.3 is 15.4 Å². The van der Waals surface area contributed by atoms with Gasteiger partial charge in [-0.3, -0.25) is 4.79 Å². The van der Waals surface area contributed by atoms with Gasteiger partial charge in [-0.1, -0.05) is 32.0 Å². The van der Waals surface area contributed by atoms with Crippen LogP contribution in [0.15, 0.2) is 24.3 Å². The monoisotopic (exact) mass is 262 g/mol. The van der Waals surface area contributed by atoms with E-state index in [9.17, 15) is 4.79 Å². The first-order valence-corrected chi connectivity index (χ1v) is 6.86. The third-order valence-corrected chi connectivity index (χ3v) is 3.15. The number of ether oxygens (including phenoxy) is 1. The normalized spacial score (nSPS) is 15.1. The molecule has 1 fully saturated rings. The minimum atomic E-state index is 0.123. The van der Waals surface area contributed by atoms with Crippen molar-refractivity contribution < 1.29 is 9.53 Å². The van der Waals surface area contributed by atoms with Crippen molar-refractivity contribution in [1.82, 2.24) is 10.6 Å². The maximum atomic E-state index is 11.8. The molecule has 1 aliphatic rings. The number of carbonyl (C=O) groups is 1. The molecule has 0 unspecified atom stereocenters. The van der Waals surface area contributed by atoms with Crippen LogP contribution in [0.2, 0.25) is 0 Å². The van der Waals surface area contributed by atoms with Crippen LogP contribution in [0.4, 0.5) is 0 Å². The van der Waals surface area contributed by atoms with Crippen molar-refractivity contribution in [3.8, 4) is 5.75 Å². The van der Waals surface area contributed by atoms with Crippen molar-refractivity contribution >= 4 is 5.91 Å². The highest BCUT2D eigenvalue weighted by molar-refractivity contribution is 5.80. The molecule has 0 radical (unpaired) electrons. The smallest absolute Gasteiger partial charge is 0.225 e. The van der Waals surface area contributed by atoms with E-state index < -0.39 is 0 Å². The molecule has 1 saturated heterocycles. The van der Waals surface area contributed by atoms with Crippen LogP contribution in [0.25, 0.3) is 0 Å². The lowest BCUT2D eigenvalue weighted by molar-refractivity contribution is -0.126. The van der Waals surface area contributed by atoms with E-state index in [0.717, 1.165) is 24.4 Å². The van der Waals surface area contributed by atoms with E-state index in [1.54, 1.807) is 0 Å². The van der Waals surface area contributed by atoms with Crippen LogP contribution in [0.5, 0.6) is 5.75 Å². The fourth-order valence-corrected chi connectivity index (χ4v) is 1.85. The predicted molar refractivity (Wildman–Crippen MR) is 75.0 cm³/mol. The van der Waals surface area contributed by atoms with E-state index in [2.05, 4.69) is 24.5 Å². The Kier molecular flexibility index (Phi) is 4.80. The Morgan fingerprint density at radius 2 is 2.16 bits per heavy atom. The first-order chi connectivity index (χ1) is 9.16. The molecular formula is C15H22N2O2. The molecule has 4 heteroatoms. The summed E-state index contributed by atoms with van der Waals surface area (Å²) in [5.74, 6) is 1.60. The lowest BCUT2D eigenvalue weighted by Crippen LogP contribution is -2.50. The van der Waals surface area contributed by atoms with Crippen molar-refractivity contribution in [2.75, 3.05) is 19.7 Å². The SMILES string of the molecule is CC(C)COc1ccccc1CNC(=O)C1CNC1. The first-order valence-electron chi connectivity index (χ1n) is 6.86. The maximum absolute atomic E-state index is 11.8. The molecule has 2 N–H and O–H groups in total. The highest BCUT2D eigenvalue weighted by Crippen LogP contribution is 2.18. The molecule has 0 bridgehead atoms. The Bertz CT molecular complexity index is 428. The summed E-state index contributed by atoms with van der Waals surface area (Å²) < 4.78 is 5.77. The number of hydrogen-bond donors (Lipinski definition) is 2. The average Bonchev–Trinajstić information content (AvgIpc) is 2.32. The van der Waals surface area contributed by atoms with Gasteiger partial charge in [0, 0.05) is 25.2 Å². The molecule has 2 rings (SSSR count). The minimum absolute atomic E-state index is 0.123. The van der Waals surface area contributed by atoms with Crippen LogP contribution in [-0.4, -0.2) is 25.6 Å². The van der Waals surface area contributed by atoms with Gasteiger partial charge in [0.05, 0.1) is 12.5 Å². The van der Waals surface area contributed by atoms with Crippen LogP contribution in [0, 0.1) is 11.8 Å². The van der Waals surface area contributed by atoms with E-state index in [4.69, 9.17) is 4.74 Å². The van der Waals surface area contributed by atoms with Crippen LogP contribution in [0.3, 0.4) is 0 Å². The van der Waals surface area contributed by atoms with Crippen molar-refractivity contribution in [2.24, 2.45) is 11.8 Å². The van der Waals surface area contributed by atoms with Crippen LogP contribution in [0.1, 0.15) is 19.4 Å². The van der Waals surface area contributed by atoms with Gasteiger partial charge in [0.1, 0.15) is 5.75 Å². The molecule has 19 heavy (non-hydrogen) atoms. The Labute approximate surface area is 114 Å². The second-order valence-corrected chi connectivity index (χ2v) is 5.39. The topological polar surface area (TPSA) is 50.4 Å². The average molecular weight is 262 g/mol. The summed E-state index contributed by atoms with van der Waals surface area (Å²) in [5.41, 5.74) is 1.03. The minimum Gasteiger partial charge on any atom is -0.493 e. The number of rotatable bonds is 6. The van der Waals surface area contributed by atoms with E-state index in [-0.39, 0.29) is 11.8 Å². The lowest BCUT2D eigenvalue weighted by atomic mass is 10.0. The van der Waals surface area contributed by atoms with Gasteiger partial charge in [0.2, 0.25) is 5.91 Å². The molecule has 1 heterocycles. The lowest BCUT2D eigenvalue weighted by Gasteiger charge is -2.26. The van der Waals surface area contributed by atoms with Crippen molar-refractivity contribution in [1.29, 1.82) is 0 Å². The summed E-state index contributed by atoms with van der Waals surface area (Å²) in [6.45, 7) is 7.04. The molecule has 4 nitrogen and oxygen atoms in total. The van der Waals surface area contributed by atoms with Gasteiger partial charge in [0.15, 0.2) is 0 Å². The number of carbonyl (C=O) groups excluding carboxylic acids is 1. The number of nitrogens with one attached hydrogen (secondary N) is 2. The van der Waals surface area contributed by atoms with Crippen molar-refractivity contribution in [2.45, 2.75) is 20.4 Å². The summed E-state index contributed by atoms with van der Waals surface area (Å²) in [4.78, 5) is 11.8. The summed E-state index contributed by atoms with van der Waals surface area (Å²) in [6, 6.07) is 7.87. The molecule has 0 saturated carbocycles. The van der Waals surface area contributed by atoms with Crippen LogP contribution >= 0.6 is 0 Å². The van der Waals surface area contributed by atoms with Crippen molar-refractivity contribution in [3.63, 3.8) is 0 Å². The summed E-state index contributed by atoms with van der Waals surface area (Å²) >= 11 is 0. The first kappa shape index (κ1) is 13.9. The predicted octanol–water partition coefficient (Wildman–Crippen LogP) is 1.56. The largest absolute Gasteiger partial charge is 0.493 e. The van der Waals surface area contributed by atoms with E-state index in [1.165, 1.54) is 0 Å². The molecule has 104 valence electrons. The number of para-hydroxylation sites is 1. The molecule has 0 atom stereocenters. The summed E-state index contributed by atoms with van der Waals surface area (Å²) in [6.07, 6.45) is 0. The van der Waals surface area contributed by atoms with Crippen molar-refractivity contribution in [3.05, 3.63) is 29.8 Å². The molecular weight excluding hydrogens is 240 g/mol. The van der Waals surface area contributed by atoms with Gasteiger partial charge >= 0.3 is 0 Å². The molecule has 1 aromatic rings. The molecule has 0 aromatic heterocycles. The fraction of sp³-hybridized carbons (Fsp3) is 0.533. The quantitative estimate of drug-likeness (QED) is 0.818. The molecule has 0 spiro atoms. The summed E-state index contributed by atoms with van der Waals surface area (Å²) in [7, 11) is 0. The van der Waals surface area contributed by atoms with Gasteiger partial charge in [-0.2, -0.15) is 0 Å². The maximum Gasteiger partial charge on any atom is 0.225 e. The van der Waals surface area contributed by atoms with Crippen LogP contribution < -0.4 is 15.4 Å². The molecule has 1 aromatic carbocycles. The van der Waals surface area contributed by atoms with E-state index in [1.807, 2.05) is 24.3 Å². The fourth-order valence-electron chi connectivity index (χ4n) is 1.85. The molecule has 1 aliphatic heterocycles. The molecule has 1 amide bonds. The Morgan fingerprint density at radius 3 is 2.79 bits per heavy atom. The number of benzene rings is 1. The third-order valence-electron chi connectivity index (χ3n) is 3.15. The van der Waals surface area contributed by atoms with Gasteiger partial charge in [-0.05, 0) is 12.0 Å². The van der Waals surface area contributed by atoms with E-state index in [0.29, 0.717) is 19.1 Å². The third kappa shape index (κ3) is 3.96. The van der Waals surface area contributed by atoms with Gasteiger partial charge in [-0.25, -0.2) is 0 Å². The Morgan fingerprint density at radius 1 is 1.42 bits per heavy atom. The second-order valence-electron chi connectivity index (χ2n) is 5.39.